The molecule has 0 amide bonds. The molecule has 0 saturated heterocycles. The predicted molar refractivity (Wildman–Crippen MR) is 124 cm³/mol. The Hall–Kier alpha value is -3.28. The Kier molecular flexibility index (Phi) is 5.25. The first-order valence-corrected chi connectivity index (χ1v) is 10.6. The van der Waals surface area contributed by atoms with Gasteiger partial charge in [-0.25, -0.2) is 14.8 Å². The molecule has 0 saturated carbocycles. The van der Waals surface area contributed by atoms with Crippen LogP contribution in [0.3, 0.4) is 0 Å². The van der Waals surface area contributed by atoms with E-state index in [-0.39, 0.29) is 22.5 Å². The molecule has 160 valence electrons. The average Bonchev–Trinajstić information content (AvgIpc) is 2.70. The lowest BCUT2D eigenvalue weighted by Gasteiger charge is -2.31. The van der Waals surface area contributed by atoms with E-state index in [0.717, 1.165) is 17.5 Å². The minimum absolute atomic E-state index is 0.0875. The minimum atomic E-state index is -0.447. The molecule has 31 heavy (non-hydrogen) atoms. The summed E-state index contributed by atoms with van der Waals surface area (Å²) in [6, 6.07) is 14.0. The molecule has 6 heteroatoms. The maximum Gasteiger partial charge on any atom is 0.330 e. The van der Waals surface area contributed by atoms with Crippen molar-refractivity contribution in [1.29, 1.82) is 0 Å². The zero-order chi connectivity index (χ0) is 22.3. The van der Waals surface area contributed by atoms with Crippen molar-refractivity contribution in [2.75, 3.05) is 0 Å². The third-order valence-corrected chi connectivity index (χ3v) is 6.15. The lowest BCUT2D eigenvalue weighted by Crippen LogP contribution is -2.40. The van der Waals surface area contributed by atoms with Crippen LogP contribution in [0.1, 0.15) is 37.5 Å². The number of aryl methyl sites for hydroxylation is 2. The van der Waals surface area contributed by atoms with Crippen molar-refractivity contribution in [3.8, 4) is 0 Å². The molecule has 4 aromatic rings. The maximum absolute atomic E-state index is 13.3. The Morgan fingerprint density at radius 1 is 0.968 bits per heavy atom. The fourth-order valence-electron chi connectivity index (χ4n) is 3.87. The standard InChI is InChI=1S/C25H28N4O2/c1-15-11-19-20(12-16(15)2)27-22-21(26-19)23(30)29(24(31)28-22)14-18(25(3,4)5)13-17-9-7-6-8-10-17/h6-12,18H,13-14H2,1-5H3,(H,27,28,31). The predicted octanol–water partition coefficient (Wildman–Crippen LogP) is 4.15. The van der Waals surface area contributed by atoms with Gasteiger partial charge in [0.1, 0.15) is 0 Å². The van der Waals surface area contributed by atoms with Gasteiger partial charge in [0.05, 0.1) is 11.0 Å². The van der Waals surface area contributed by atoms with Crippen molar-refractivity contribution >= 4 is 22.2 Å². The van der Waals surface area contributed by atoms with Crippen LogP contribution >= 0.6 is 0 Å². The number of rotatable bonds is 4. The summed E-state index contributed by atoms with van der Waals surface area (Å²) in [5.74, 6) is 0.0875. The second-order valence-electron chi connectivity index (χ2n) is 9.44. The number of hydrogen-bond acceptors (Lipinski definition) is 4. The van der Waals surface area contributed by atoms with Crippen molar-refractivity contribution in [3.63, 3.8) is 0 Å². The van der Waals surface area contributed by atoms with E-state index in [4.69, 9.17) is 0 Å². The molecule has 1 N–H and O–H groups in total. The molecule has 2 heterocycles. The largest absolute Gasteiger partial charge is 0.330 e. The Bertz CT molecular complexity index is 1380. The second kappa shape index (κ2) is 7.76. The first-order chi connectivity index (χ1) is 14.6. The molecule has 0 aliphatic rings. The lowest BCUT2D eigenvalue weighted by atomic mass is 9.77. The molecule has 1 unspecified atom stereocenters. The van der Waals surface area contributed by atoms with Gasteiger partial charge in [0.15, 0.2) is 11.2 Å². The van der Waals surface area contributed by atoms with Crippen molar-refractivity contribution < 1.29 is 0 Å². The van der Waals surface area contributed by atoms with Crippen LogP contribution in [0.2, 0.25) is 0 Å². The van der Waals surface area contributed by atoms with Gasteiger partial charge in [0.25, 0.3) is 5.56 Å². The topological polar surface area (TPSA) is 80.6 Å². The molecule has 2 aromatic heterocycles. The van der Waals surface area contributed by atoms with Gasteiger partial charge in [-0.1, -0.05) is 51.1 Å². The van der Waals surface area contributed by atoms with Crippen LogP contribution in [-0.2, 0) is 13.0 Å². The number of nitrogens with zero attached hydrogens (tertiary/aromatic N) is 3. The Morgan fingerprint density at radius 3 is 2.19 bits per heavy atom. The van der Waals surface area contributed by atoms with E-state index in [1.54, 1.807) is 0 Å². The van der Waals surface area contributed by atoms with E-state index in [1.165, 1.54) is 10.1 Å². The quantitative estimate of drug-likeness (QED) is 0.507. The zero-order valence-corrected chi connectivity index (χ0v) is 18.7. The van der Waals surface area contributed by atoms with E-state index < -0.39 is 11.2 Å². The van der Waals surface area contributed by atoms with Gasteiger partial charge in [-0.3, -0.25) is 14.3 Å². The molecular formula is C25H28N4O2. The van der Waals surface area contributed by atoms with Crippen molar-refractivity contribution in [1.82, 2.24) is 19.5 Å². The molecule has 0 bridgehead atoms. The monoisotopic (exact) mass is 416 g/mol. The van der Waals surface area contributed by atoms with Gasteiger partial charge in [-0.2, -0.15) is 0 Å². The summed E-state index contributed by atoms with van der Waals surface area (Å²) >= 11 is 0. The molecule has 2 aromatic carbocycles. The molecule has 0 aliphatic carbocycles. The van der Waals surface area contributed by atoms with Crippen LogP contribution in [0, 0.1) is 25.2 Å². The van der Waals surface area contributed by atoms with Gasteiger partial charge < -0.3 is 0 Å². The molecule has 6 nitrogen and oxygen atoms in total. The molecule has 1 atom stereocenters. The second-order valence-corrected chi connectivity index (χ2v) is 9.44. The molecule has 0 fully saturated rings. The first kappa shape index (κ1) is 21.0. The molecule has 0 spiro atoms. The van der Waals surface area contributed by atoms with Gasteiger partial charge >= 0.3 is 5.69 Å². The van der Waals surface area contributed by atoms with Gasteiger partial charge in [0, 0.05) is 6.54 Å². The third-order valence-electron chi connectivity index (χ3n) is 6.15. The minimum Gasteiger partial charge on any atom is -0.290 e. The molecule has 4 rings (SSSR count). The van der Waals surface area contributed by atoms with Crippen molar-refractivity contribution in [2.45, 2.75) is 47.6 Å². The van der Waals surface area contributed by atoms with Crippen LogP contribution in [0.4, 0.5) is 0 Å². The summed E-state index contributed by atoms with van der Waals surface area (Å²) in [7, 11) is 0. The first-order valence-electron chi connectivity index (χ1n) is 10.6. The molecular weight excluding hydrogens is 388 g/mol. The zero-order valence-electron chi connectivity index (χ0n) is 18.7. The van der Waals surface area contributed by atoms with Crippen LogP contribution in [0.5, 0.6) is 0 Å². The highest BCUT2D eigenvalue weighted by atomic mass is 16.2. The summed E-state index contributed by atoms with van der Waals surface area (Å²) in [4.78, 5) is 38.0. The third kappa shape index (κ3) is 4.15. The Morgan fingerprint density at radius 2 is 1.58 bits per heavy atom. The van der Waals surface area contributed by atoms with E-state index in [2.05, 4.69) is 47.9 Å². The Balaban J connectivity index is 1.82. The summed E-state index contributed by atoms with van der Waals surface area (Å²) in [6.07, 6.45) is 0.774. The highest BCUT2D eigenvalue weighted by Gasteiger charge is 2.27. The molecule has 0 aliphatic heterocycles. The summed E-state index contributed by atoms with van der Waals surface area (Å²) in [5.41, 5.74) is 4.17. The number of fused-ring (bicyclic) bond motifs is 2. The van der Waals surface area contributed by atoms with Crippen molar-refractivity contribution in [3.05, 3.63) is 80.0 Å². The highest BCUT2D eigenvalue weighted by Crippen LogP contribution is 2.30. The van der Waals surface area contributed by atoms with Crippen LogP contribution < -0.4 is 11.2 Å². The highest BCUT2D eigenvalue weighted by molar-refractivity contribution is 5.84. The van der Waals surface area contributed by atoms with Crippen LogP contribution in [0.15, 0.2) is 52.1 Å². The SMILES string of the molecule is Cc1cc2nc3[nH]c(=O)n(CC(Cc4ccccc4)C(C)(C)C)c(=O)c3nc2cc1C. The van der Waals surface area contributed by atoms with E-state index >= 15 is 0 Å². The van der Waals surface area contributed by atoms with E-state index in [0.29, 0.717) is 17.6 Å². The maximum atomic E-state index is 13.3. The number of aromatic amines is 1. The summed E-state index contributed by atoms with van der Waals surface area (Å²) in [5, 5.41) is 0. The van der Waals surface area contributed by atoms with Crippen molar-refractivity contribution in [2.24, 2.45) is 11.3 Å². The molecule has 0 radical (unpaired) electrons. The number of benzene rings is 2. The number of nitrogens with one attached hydrogen (secondary N) is 1. The van der Waals surface area contributed by atoms with Gasteiger partial charge in [0.2, 0.25) is 0 Å². The number of aromatic nitrogens is 4. The van der Waals surface area contributed by atoms with Gasteiger partial charge in [-0.05, 0) is 60.4 Å². The average molecular weight is 417 g/mol. The van der Waals surface area contributed by atoms with Gasteiger partial charge in [-0.15, -0.1) is 0 Å². The summed E-state index contributed by atoms with van der Waals surface area (Å²) < 4.78 is 1.28. The fourth-order valence-corrected chi connectivity index (χ4v) is 3.87. The normalized spacial score (nSPS) is 13.1. The summed E-state index contributed by atoms with van der Waals surface area (Å²) in [6.45, 7) is 10.7. The Labute approximate surface area is 181 Å². The smallest absolute Gasteiger partial charge is 0.290 e. The van der Waals surface area contributed by atoms with E-state index in [9.17, 15) is 9.59 Å². The van der Waals surface area contributed by atoms with Crippen LogP contribution in [-0.4, -0.2) is 19.5 Å². The lowest BCUT2D eigenvalue weighted by molar-refractivity contribution is 0.206. The number of hydrogen-bond donors (Lipinski definition) is 1. The number of H-pyrrole nitrogens is 1. The van der Waals surface area contributed by atoms with Crippen LogP contribution in [0.25, 0.3) is 22.2 Å². The van der Waals surface area contributed by atoms with E-state index in [1.807, 2.05) is 44.2 Å². The fraction of sp³-hybridized carbons (Fsp3) is 0.360.